The summed E-state index contributed by atoms with van der Waals surface area (Å²) >= 11 is 1.46. The van der Waals surface area contributed by atoms with Gasteiger partial charge in [0, 0.05) is 11.8 Å². The number of rotatable bonds is 4. The zero-order chi connectivity index (χ0) is 16.6. The zero-order valence-electron chi connectivity index (χ0n) is 12.9. The van der Waals surface area contributed by atoms with Gasteiger partial charge in [-0.25, -0.2) is 4.79 Å². The minimum Gasteiger partial charge on any atom is -1.00 e. The molecule has 0 spiro atoms. The van der Waals surface area contributed by atoms with Gasteiger partial charge in [-0.1, -0.05) is 6.08 Å². The number of allylic oxidation sites excluding steroid dienone is 2. The summed E-state index contributed by atoms with van der Waals surface area (Å²) in [5.41, 5.74) is 6.30. The number of carbonyl (C=O) groups is 2. The summed E-state index contributed by atoms with van der Waals surface area (Å²) in [6.07, 6.45) is 6.87. The third-order valence-corrected chi connectivity index (χ3v) is 5.04. The molecular weight excluding hydrogens is 389 g/mol. The SMILES string of the molecule is Cl.N[C@@H]1C(=O)N2C(C(=O)O)=C(/C=C/C[n+]3cccc(O)c3)CS[C@H]12.[Cl-]. The molecule has 2 atom stereocenters. The second-order valence-electron chi connectivity index (χ2n) is 5.28. The summed E-state index contributed by atoms with van der Waals surface area (Å²) in [5, 5.41) is 18.5. The lowest BCUT2D eigenvalue weighted by atomic mass is 10.0. The number of nitrogens with zero attached hydrogens (tertiary/aromatic N) is 2. The van der Waals surface area contributed by atoms with Crippen LogP contribution in [-0.4, -0.2) is 44.2 Å². The van der Waals surface area contributed by atoms with Gasteiger partial charge in [0.25, 0.3) is 0 Å². The number of carbonyl (C=O) groups excluding carboxylic acids is 1. The first-order chi connectivity index (χ1) is 11.0. The molecule has 10 heteroatoms. The van der Waals surface area contributed by atoms with E-state index in [0.29, 0.717) is 17.9 Å². The van der Waals surface area contributed by atoms with E-state index in [4.69, 9.17) is 5.73 Å². The molecule has 1 aromatic rings. The van der Waals surface area contributed by atoms with Crippen LogP contribution < -0.4 is 22.7 Å². The number of hydrogen-bond donors (Lipinski definition) is 3. The van der Waals surface area contributed by atoms with E-state index >= 15 is 0 Å². The van der Waals surface area contributed by atoms with Gasteiger partial charge in [0.2, 0.25) is 12.1 Å². The highest BCUT2D eigenvalue weighted by Gasteiger charge is 2.51. The van der Waals surface area contributed by atoms with Crippen LogP contribution in [0.5, 0.6) is 5.75 Å². The highest BCUT2D eigenvalue weighted by Crippen LogP contribution is 2.39. The van der Waals surface area contributed by atoms with Gasteiger partial charge in [0.15, 0.2) is 18.5 Å². The topological polar surface area (TPSA) is 108 Å². The monoisotopic (exact) mass is 405 g/mol. The molecule has 0 saturated carbocycles. The standard InChI is InChI=1S/C15H15N3O4S.2ClH/c16-11-13(20)18-12(15(21)22)9(8-23-14(11)18)3-1-5-17-6-2-4-10(19)7-17;;/h1-4,6-7,11,14H,5,8,16H2,(H-,19,21,22);2*1H/b3-1+;;/t11-,14-;;/m1../s1. The van der Waals surface area contributed by atoms with Crippen molar-refractivity contribution in [2.45, 2.75) is 18.0 Å². The van der Waals surface area contributed by atoms with Gasteiger partial charge >= 0.3 is 5.97 Å². The number of aliphatic carboxylic acids is 1. The number of thioether (sulfide) groups is 1. The van der Waals surface area contributed by atoms with Crippen LogP contribution in [0.1, 0.15) is 0 Å². The molecule has 4 N–H and O–H groups in total. The van der Waals surface area contributed by atoms with E-state index in [9.17, 15) is 19.8 Å². The van der Waals surface area contributed by atoms with E-state index in [0.717, 1.165) is 0 Å². The third-order valence-electron chi connectivity index (χ3n) is 3.72. The first-order valence-electron chi connectivity index (χ1n) is 7.00. The Labute approximate surface area is 161 Å². The fraction of sp³-hybridized carbons (Fsp3) is 0.267. The van der Waals surface area contributed by atoms with E-state index in [-0.39, 0.29) is 47.5 Å². The summed E-state index contributed by atoms with van der Waals surface area (Å²) < 4.78 is 1.76. The van der Waals surface area contributed by atoms with Crippen LogP contribution in [0.25, 0.3) is 0 Å². The average Bonchev–Trinajstić information content (AvgIpc) is 2.53. The molecule has 25 heavy (non-hydrogen) atoms. The number of amides is 1. The smallest absolute Gasteiger partial charge is 0.352 e. The minimum absolute atomic E-state index is 0. The van der Waals surface area contributed by atoms with Crippen LogP contribution in [0.3, 0.4) is 0 Å². The first kappa shape index (κ1) is 21.3. The number of halogens is 2. The maximum atomic E-state index is 11.8. The summed E-state index contributed by atoms with van der Waals surface area (Å²) in [7, 11) is 0. The lowest BCUT2D eigenvalue weighted by molar-refractivity contribution is -0.687. The number of fused-ring (bicyclic) bond motifs is 1. The van der Waals surface area contributed by atoms with Crippen molar-refractivity contribution in [2.24, 2.45) is 5.73 Å². The Balaban J connectivity index is 0.00000156. The van der Waals surface area contributed by atoms with Crippen LogP contribution in [0, 0.1) is 0 Å². The van der Waals surface area contributed by atoms with Gasteiger partial charge in [-0.15, -0.1) is 24.2 Å². The Hall–Kier alpha value is -1.74. The number of pyridine rings is 1. The molecule has 3 rings (SSSR count). The van der Waals surface area contributed by atoms with Crippen molar-refractivity contribution in [2.75, 3.05) is 5.75 Å². The first-order valence-corrected chi connectivity index (χ1v) is 8.05. The molecule has 0 aromatic carbocycles. The molecule has 1 saturated heterocycles. The largest absolute Gasteiger partial charge is 1.00 e. The third kappa shape index (κ3) is 4.09. The second kappa shape index (κ2) is 8.57. The lowest BCUT2D eigenvalue weighted by Crippen LogP contribution is -3.00. The molecule has 1 fully saturated rings. The molecule has 136 valence electrons. The van der Waals surface area contributed by atoms with Gasteiger partial charge in [-0.05, 0) is 17.7 Å². The Morgan fingerprint density at radius 2 is 2.24 bits per heavy atom. The summed E-state index contributed by atoms with van der Waals surface area (Å²) in [6, 6.07) is 2.66. The number of hydrogen-bond acceptors (Lipinski definition) is 5. The number of aromatic nitrogens is 1. The van der Waals surface area contributed by atoms with Crippen LogP contribution in [0.2, 0.25) is 0 Å². The van der Waals surface area contributed by atoms with Gasteiger partial charge in [-0.2, -0.15) is 4.57 Å². The van der Waals surface area contributed by atoms with Crippen molar-refractivity contribution in [3.05, 3.63) is 47.9 Å². The second-order valence-corrected chi connectivity index (χ2v) is 6.38. The zero-order valence-corrected chi connectivity index (χ0v) is 15.3. The lowest BCUT2D eigenvalue weighted by Gasteiger charge is -2.47. The van der Waals surface area contributed by atoms with Crippen LogP contribution in [-0.2, 0) is 16.1 Å². The quantitative estimate of drug-likeness (QED) is 0.370. The van der Waals surface area contributed by atoms with E-state index in [2.05, 4.69) is 0 Å². The van der Waals surface area contributed by atoms with E-state index in [1.165, 1.54) is 16.7 Å². The van der Waals surface area contributed by atoms with Gasteiger partial charge < -0.3 is 28.4 Å². The van der Waals surface area contributed by atoms with E-state index in [1.54, 1.807) is 41.2 Å². The highest BCUT2D eigenvalue weighted by molar-refractivity contribution is 8.00. The average molecular weight is 406 g/mol. The van der Waals surface area contributed by atoms with Crippen molar-refractivity contribution in [1.82, 2.24) is 4.90 Å². The normalized spacial score (nSPS) is 22.0. The molecule has 0 aliphatic carbocycles. The Kier molecular flexibility index (Phi) is 7.30. The van der Waals surface area contributed by atoms with Crippen molar-refractivity contribution in [3.8, 4) is 5.75 Å². The predicted molar refractivity (Wildman–Crippen MR) is 90.4 cm³/mol. The number of aromatic hydroxyl groups is 1. The molecule has 3 heterocycles. The molecule has 0 bridgehead atoms. The summed E-state index contributed by atoms with van der Waals surface area (Å²) in [5.74, 6) is -0.832. The molecule has 1 amide bonds. The Bertz CT molecular complexity index is 741. The number of carboxylic acids is 1. The van der Waals surface area contributed by atoms with Gasteiger partial charge in [0.05, 0.1) is 0 Å². The van der Waals surface area contributed by atoms with Crippen LogP contribution in [0.4, 0.5) is 0 Å². The van der Waals surface area contributed by atoms with Crippen LogP contribution in [0.15, 0.2) is 47.9 Å². The summed E-state index contributed by atoms with van der Waals surface area (Å²) in [6.45, 7) is 0.479. The van der Waals surface area contributed by atoms with Crippen molar-refractivity contribution < 1.29 is 36.8 Å². The molecule has 0 unspecified atom stereocenters. The van der Waals surface area contributed by atoms with E-state index in [1.807, 2.05) is 0 Å². The number of nitrogens with two attached hydrogens (primary N) is 1. The van der Waals surface area contributed by atoms with E-state index < -0.39 is 12.0 Å². The maximum Gasteiger partial charge on any atom is 0.352 e. The molecule has 1 aromatic heterocycles. The van der Waals surface area contributed by atoms with Gasteiger partial charge in [0.1, 0.15) is 17.1 Å². The Morgan fingerprint density at radius 1 is 1.52 bits per heavy atom. The Morgan fingerprint density at radius 3 is 2.88 bits per heavy atom. The molecule has 7 nitrogen and oxygen atoms in total. The maximum absolute atomic E-state index is 11.8. The van der Waals surface area contributed by atoms with Crippen molar-refractivity contribution in [1.29, 1.82) is 0 Å². The fourth-order valence-corrected chi connectivity index (χ4v) is 3.87. The summed E-state index contributed by atoms with van der Waals surface area (Å²) in [4.78, 5) is 24.6. The molecular formula is C15H17Cl2N3O4S. The van der Waals surface area contributed by atoms with Crippen molar-refractivity contribution >= 4 is 36.0 Å². The minimum atomic E-state index is -1.12. The predicted octanol–water partition coefficient (Wildman–Crippen LogP) is -2.76. The molecule has 2 aliphatic rings. The molecule has 2 aliphatic heterocycles. The fourth-order valence-electron chi connectivity index (χ4n) is 2.61. The number of carboxylic acid groups (broad SMARTS) is 1. The number of β-lactam (4-membered cyclic amide) rings is 1. The highest BCUT2D eigenvalue weighted by atomic mass is 35.5. The molecule has 0 radical (unpaired) electrons. The van der Waals surface area contributed by atoms with Crippen LogP contribution >= 0.6 is 24.2 Å². The van der Waals surface area contributed by atoms with Gasteiger partial charge in [-0.3, -0.25) is 9.69 Å². The van der Waals surface area contributed by atoms with Crippen molar-refractivity contribution in [3.63, 3.8) is 0 Å².